The van der Waals surface area contributed by atoms with Gasteiger partial charge in [-0.25, -0.2) is 25.3 Å². The first-order valence-corrected chi connectivity index (χ1v) is 40.8. The van der Waals surface area contributed by atoms with Crippen molar-refractivity contribution in [1.82, 2.24) is 54.4 Å². The van der Waals surface area contributed by atoms with Crippen LogP contribution in [0.2, 0.25) is 0 Å². The van der Waals surface area contributed by atoms with Crippen LogP contribution in [0.1, 0.15) is 165 Å². The summed E-state index contributed by atoms with van der Waals surface area (Å²) in [5.74, 6) is 3.45. The van der Waals surface area contributed by atoms with E-state index in [4.69, 9.17) is 25.9 Å². The van der Waals surface area contributed by atoms with E-state index in [1.54, 1.807) is 57.3 Å². The summed E-state index contributed by atoms with van der Waals surface area (Å²) in [4.78, 5) is 44.7. The Labute approximate surface area is 614 Å². The van der Waals surface area contributed by atoms with Crippen molar-refractivity contribution in [2.75, 3.05) is 39.3 Å². The fourth-order valence-corrected chi connectivity index (χ4v) is 22.4. The molecule has 1 N–H and O–H groups in total. The second kappa shape index (κ2) is 27.8. The van der Waals surface area contributed by atoms with E-state index in [9.17, 15) is 39.6 Å². The van der Waals surface area contributed by atoms with Crippen LogP contribution in [-0.2, 0) is 89.2 Å². The van der Waals surface area contributed by atoms with E-state index >= 15 is 0 Å². The van der Waals surface area contributed by atoms with Gasteiger partial charge in [0.1, 0.15) is 57.1 Å². The summed E-state index contributed by atoms with van der Waals surface area (Å²) in [5.41, 5.74) is 10.7. The Balaban J connectivity index is 0.000000124. The molecule has 538 valence electrons. The molecule has 3 aromatic carbocycles. The van der Waals surface area contributed by atoms with Crippen LogP contribution in [0.25, 0.3) is 22.8 Å². The zero-order valence-corrected chi connectivity index (χ0v) is 62.8. The van der Waals surface area contributed by atoms with Crippen LogP contribution in [0.15, 0.2) is 108 Å². The zero-order valence-electron chi connectivity index (χ0n) is 57.2. The Hall–Kier alpha value is -8.55. The fraction of sp³-hybridized carbons (Fsp3) is 0.452. The summed E-state index contributed by atoms with van der Waals surface area (Å²) in [5, 5.41) is 41.9. The molecule has 5 aromatic heterocycles. The Morgan fingerprint density at radius 2 is 0.903 bits per heavy atom. The summed E-state index contributed by atoms with van der Waals surface area (Å²) in [6, 6.07) is 29.2. The lowest BCUT2D eigenvalue weighted by atomic mass is 10.0. The summed E-state index contributed by atoms with van der Waals surface area (Å²) in [6.45, 7) is 2.23. The minimum Gasteiger partial charge on any atom is -0.411 e. The number of benzene rings is 3. The van der Waals surface area contributed by atoms with E-state index in [0.29, 0.717) is 154 Å². The molecular weight excluding hydrogens is 1510 g/mol. The molecule has 103 heavy (non-hydrogen) atoms. The number of amides is 3. The molecule has 3 amide bonds. The quantitative estimate of drug-likeness (QED) is 0.0321. The number of fused-ring (bicyclic) bond motifs is 3. The van der Waals surface area contributed by atoms with Gasteiger partial charge in [0.2, 0.25) is 0 Å². The first kappa shape index (κ1) is 71.4. The molecule has 9 aliphatic rings. The van der Waals surface area contributed by atoms with Crippen molar-refractivity contribution in [3.8, 4) is 41.2 Å². The van der Waals surface area contributed by atoms with Gasteiger partial charge in [-0.2, -0.15) is 20.6 Å². The summed E-state index contributed by atoms with van der Waals surface area (Å²) < 4.78 is 92.7. The van der Waals surface area contributed by atoms with Crippen LogP contribution >= 0.6 is 31.9 Å². The average molecular weight is 1580 g/mol. The molecule has 6 aliphatic carbocycles. The highest BCUT2D eigenvalue weighted by molar-refractivity contribution is 9.10. The smallest absolute Gasteiger partial charge is 0.272 e. The molecule has 8 heterocycles. The SMILES string of the molecule is C#CCc1ccc(Br)cc1.Cn1nc(-c2cc(Cc3ccc(Br)cc3)on2)c2c1C(=O)N(CC1(S(=O)(=O)C3CC3)CC1)CC2.Cn1nc(-c2cc(Cc3ccc(C#N)cc3)on2)c2c1C(=O)N(CC1(S(=O)(=O)C3CC3)CC1)CC2.Cn1nc(/C=N/O)c2c1C(=O)N(CC1(S(=O)(=O)C3CC3)CC1)CC2. The predicted octanol–water partition coefficient (Wildman–Crippen LogP) is 9.14. The lowest BCUT2D eigenvalue weighted by Crippen LogP contribution is -2.46. The van der Waals surface area contributed by atoms with Gasteiger partial charge in [-0.3, -0.25) is 28.4 Å². The minimum absolute atomic E-state index is 0.154. The van der Waals surface area contributed by atoms with Gasteiger partial charge in [-0.05, 0) is 149 Å². The number of aromatic nitrogens is 8. The van der Waals surface area contributed by atoms with E-state index in [-0.39, 0.29) is 53.1 Å². The lowest BCUT2D eigenvalue weighted by Gasteiger charge is -2.31. The van der Waals surface area contributed by atoms with Crippen molar-refractivity contribution in [3.05, 3.63) is 167 Å². The van der Waals surface area contributed by atoms with Crippen molar-refractivity contribution in [2.45, 2.75) is 146 Å². The molecule has 0 bridgehead atoms. The van der Waals surface area contributed by atoms with Gasteiger partial charge in [0.15, 0.2) is 29.5 Å². The third-order valence-corrected chi connectivity index (χ3v) is 31.5. The number of aryl methyl sites for hydroxylation is 3. The molecule has 6 fully saturated rings. The average Bonchev–Trinajstić information content (AvgIpc) is 1.57. The maximum Gasteiger partial charge on any atom is 0.272 e. The number of nitrogens with zero attached hydrogens (tertiary/aromatic N) is 13. The summed E-state index contributed by atoms with van der Waals surface area (Å²) in [6.07, 6.45) is 18.4. The molecule has 0 radical (unpaired) electrons. The Morgan fingerprint density at radius 3 is 1.25 bits per heavy atom. The van der Waals surface area contributed by atoms with Crippen LogP contribution in [-0.4, -0.2) is 178 Å². The molecule has 3 aliphatic heterocycles. The van der Waals surface area contributed by atoms with Crippen molar-refractivity contribution < 1.29 is 53.9 Å². The molecule has 0 spiro atoms. The predicted molar refractivity (Wildman–Crippen MR) is 388 cm³/mol. The minimum atomic E-state index is -3.18. The van der Waals surface area contributed by atoms with Gasteiger partial charge in [-0.15, -0.1) is 12.3 Å². The molecule has 17 rings (SSSR count). The fourth-order valence-electron chi connectivity index (χ4n) is 14.5. The molecule has 30 heteroatoms. The number of rotatable bonds is 20. The van der Waals surface area contributed by atoms with Gasteiger partial charge in [0, 0.05) is 117 Å². The number of halogens is 2. The van der Waals surface area contributed by atoms with Gasteiger partial charge < -0.3 is 29.0 Å². The third kappa shape index (κ3) is 14.2. The summed E-state index contributed by atoms with van der Waals surface area (Å²) >= 11 is 6.79. The monoisotopic (exact) mass is 1580 g/mol. The highest BCUT2D eigenvalue weighted by Gasteiger charge is 2.63. The van der Waals surface area contributed by atoms with Crippen LogP contribution < -0.4 is 0 Å². The first-order valence-electron chi connectivity index (χ1n) is 34.6. The molecule has 0 atom stereocenters. The normalized spacial score (nSPS) is 19.0. The molecular formula is C73H77Br2N13O12S3. The second-order valence-corrected chi connectivity index (χ2v) is 38.2. The topological polar surface area (TPSA) is 325 Å². The van der Waals surface area contributed by atoms with Crippen LogP contribution in [0.4, 0.5) is 0 Å². The van der Waals surface area contributed by atoms with Gasteiger partial charge >= 0.3 is 0 Å². The summed E-state index contributed by atoms with van der Waals surface area (Å²) in [7, 11) is -4.34. The largest absolute Gasteiger partial charge is 0.411 e. The van der Waals surface area contributed by atoms with E-state index in [1.165, 1.54) is 16.5 Å². The van der Waals surface area contributed by atoms with Crippen LogP contribution in [0.5, 0.6) is 0 Å². The van der Waals surface area contributed by atoms with E-state index in [1.807, 2.05) is 72.8 Å². The zero-order chi connectivity index (χ0) is 72.5. The highest BCUT2D eigenvalue weighted by Crippen LogP contribution is 2.54. The van der Waals surface area contributed by atoms with Crippen LogP contribution in [0, 0.1) is 23.7 Å². The van der Waals surface area contributed by atoms with E-state index < -0.39 is 43.8 Å². The van der Waals surface area contributed by atoms with Gasteiger partial charge in [-0.1, -0.05) is 83.7 Å². The maximum atomic E-state index is 13.4. The molecule has 25 nitrogen and oxygen atoms in total. The van der Waals surface area contributed by atoms with Gasteiger partial charge in [0.25, 0.3) is 17.7 Å². The lowest BCUT2D eigenvalue weighted by molar-refractivity contribution is 0.0717. The number of terminal acetylenes is 1. The Kier molecular flexibility index (Phi) is 19.3. The van der Waals surface area contributed by atoms with Gasteiger partial charge in [0.05, 0.1) is 47.8 Å². The maximum absolute atomic E-state index is 13.4. The van der Waals surface area contributed by atoms with Crippen molar-refractivity contribution in [1.29, 1.82) is 5.26 Å². The Morgan fingerprint density at radius 1 is 0.553 bits per heavy atom. The standard InChI is InChI=1S/C25H25N5O4S.C24H25BrN4O4S.C15H20N4O4S.C9H7Br/c1-29-23-20(8-11-30(24(23)31)15-25(9-10-25)35(32,33)19-6-7-19)22(27-29)21-13-18(34-28-21)12-16-2-4-17(14-26)5-3-16;1-28-22-19(8-11-29(23(22)30)14-24(9-10-24)34(31,32)18-6-7-18)21(26-28)20-13-17(33-27-20)12-15-2-4-16(25)5-3-15;1-18-13-11(12(17-18)8-16-21)4-7-19(14(13)20)9-15(5-6-15)24(22,23)10-2-3-10;1-2-3-8-4-6-9(10)7-5-8/h2-5,13,19H,6-12,15H2,1H3;2-5,13,18H,6-12,14H2,1H3;8,10,21H,2-7,9H2,1H3;1,4-7H,3H2/b;;16-8+;. The Bertz CT molecular complexity index is 5120. The molecule has 6 saturated carbocycles. The van der Waals surface area contributed by atoms with E-state index in [0.717, 1.165) is 81.0 Å². The van der Waals surface area contributed by atoms with Crippen molar-refractivity contribution in [3.63, 3.8) is 0 Å². The van der Waals surface area contributed by atoms with Crippen molar-refractivity contribution in [2.24, 2.45) is 26.3 Å². The molecule has 0 unspecified atom stereocenters. The number of sulfone groups is 3. The van der Waals surface area contributed by atoms with Crippen LogP contribution in [0.3, 0.4) is 0 Å². The first-order chi connectivity index (χ1) is 49.3. The number of carbonyl (C=O) groups excluding carboxylic acids is 3. The van der Waals surface area contributed by atoms with E-state index in [2.05, 4.69) is 74.6 Å². The molecule has 8 aromatic rings. The second-order valence-electron chi connectivity index (χ2n) is 28.5. The highest BCUT2D eigenvalue weighted by atomic mass is 79.9. The number of carbonyl (C=O) groups is 3. The number of hydrogen-bond donors (Lipinski definition) is 1. The number of nitriles is 1. The third-order valence-electron chi connectivity index (χ3n) is 21.1. The van der Waals surface area contributed by atoms with Crippen molar-refractivity contribution >= 4 is 85.3 Å². The molecule has 0 saturated heterocycles. The number of hydrogen-bond acceptors (Lipinski definition) is 19. The number of oxime groups is 1.